The molecule has 0 fully saturated rings. The average Bonchev–Trinajstić information content (AvgIpc) is 2.89. The van der Waals surface area contributed by atoms with Gasteiger partial charge in [0.2, 0.25) is 0 Å². The van der Waals surface area contributed by atoms with Gasteiger partial charge in [-0.25, -0.2) is 0 Å². The van der Waals surface area contributed by atoms with Crippen molar-refractivity contribution in [3.63, 3.8) is 0 Å². The lowest BCUT2D eigenvalue weighted by molar-refractivity contribution is -0.384. The van der Waals surface area contributed by atoms with Crippen LogP contribution in [0.4, 0.5) is 5.69 Å². The number of hydrogen-bond acceptors (Lipinski definition) is 5. The first kappa shape index (κ1) is 13.3. The zero-order valence-corrected chi connectivity index (χ0v) is 10.2. The van der Waals surface area contributed by atoms with Gasteiger partial charge in [0.1, 0.15) is 11.5 Å². The number of hydrogen-bond donors (Lipinski definition) is 2. The molecule has 100 valence electrons. The Hall–Kier alpha value is -2.18. The molecule has 0 saturated heterocycles. The second-order valence-electron chi connectivity index (χ2n) is 4.12. The number of furan rings is 1. The van der Waals surface area contributed by atoms with E-state index in [2.05, 4.69) is 0 Å². The third-order valence-corrected chi connectivity index (χ3v) is 2.79. The van der Waals surface area contributed by atoms with Gasteiger partial charge < -0.3 is 15.3 Å². The lowest BCUT2D eigenvalue weighted by atomic mass is 10.1. The molecule has 6 nitrogen and oxygen atoms in total. The molecule has 0 spiro atoms. The number of non-ortho nitro benzene ring substituents is 1. The largest absolute Gasteiger partial charge is 0.459 e. The van der Waals surface area contributed by atoms with E-state index in [1.165, 1.54) is 12.1 Å². The highest BCUT2D eigenvalue weighted by molar-refractivity contribution is 5.59. The number of rotatable bonds is 5. The predicted molar refractivity (Wildman–Crippen MR) is 69.4 cm³/mol. The number of nitrogens with zero attached hydrogens (tertiary/aromatic N) is 1. The van der Waals surface area contributed by atoms with E-state index in [1.807, 2.05) is 0 Å². The first-order valence-electron chi connectivity index (χ1n) is 5.83. The van der Waals surface area contributed by atoms with E-state index in [1.54, 1.807) is 24.3 Å². The van der Waals surface area contributed by atoms with Crippen molar-refractivity contribution in [2.45, 2.75) is 12.5 Å². The summed E-state index contributed by atoms with van der Waals surface area (Å²) in [6, 6.07) is 9.24. The minimum atomic E-state index is -0.450. The Morgan fingerprint density at radius 3 is 2.53 bits per heavy atom. The van der Waals surface area contributed by atoms with Crippen LogP contribution in [0.3, 0.4) is 0 Å². The summed E-state index contributed by atoms with van der Waals surface area (Å²) in [5, 5.41) is 19.4. The number of aliphatic hydroxyl groups is 1. The Morgan fingerprint density at radius 2 is 1.95 bits per heavy atom. The zero-order chi connectivity index (χ0) is 13.8. The smallest absolute Gasteiger partial charge is 0.269 e. The van der Waals surface area contributed by atoms with Gasteiger partial charge >= 0.3 is 0 Å². The minimum absolute atomic E-state index is 0.00523. The molecule has 6 heteroatoms. The molecule has 2 aromatic rings. The fourth-order valence-electron chi connectivity index (χ4n) is 1.74. The SMILES string of the molecule is NC(CCO)c1ccc(-c2ccc([N+](=O)[O-])cc2)o1. The van der Waals surface area contributed by atoms with Crippen LogP contribution in [-0.4, -0.2) is 16.6 Å². The topological polar surface area (TPSA) is 103 Å². The Kier molecular flexibility index (Phi) is 3.94. The van der Waals surface area contributed by atoms with E-state index in [-0.39, 0.29) is 18.3 Å². The molecular weight excluding hydrogens is 248 g/mol. The van der Waals surface area contributed by atoms with Gasteiger partial charge in [0, 0.05) is 24.3 Å². The van der Waals surface area contributed by atoms with Crippen molar-refractivity contribution in [3.8, 4) is 11.3 Å². The summed E-state index contributed by atoms with van der Waals surface area (Å²) in [6.07, 6.45) is 0.424. The maximum absolute atomic E-state index is 10.6. The van der Waals surface area contributed by atoms with Crippen LogP contribution in [0.25, 0.3) is 11.3 Å². The summed E-state index contributed by atoms with van der Waals surface area (Å²) in [6.45, 7) is -0.00523. The standard InChI is InChI=1S/C13H14N2O4/c14-11(7-8-16)13-6-5-12(19-13)9-1-3-10(4-2-9)15(17)18/h1-6,11,16H,7-8,14H2. The Balaban J connectivity index is 2.20. The van der Waals surface area contributed by atoms with Crippen LogP contribution >= 0.6 is 0 Å². The van der Waals surface area contributed by atoms with Crippen LogP contribution in [-0.2, 0) is 0 Å². The van der Waals surface area contributed by atoms with E-state index in [9.17, 15) is 10.1 Å². The molecule has 2 rings (SSSR count). The van der Waals surface area contributed by atoms with E-state index >= 15 is 0 Å². The van der Waals surface area contributed by atoms with Crippen molar-refractivity contribution in [2.24, 2.45) is 5.73 Å². The molecule has 1 heterocycles. The predicted octanol–water partition coefficient (Wildman–Crippen LogP) is 2.24. The van der Waals surface area contributed by atoms with Gasteiger partial charge in [-0.05, 0) is 30.7 Å². The molecule has 1 unspecified atom stereocenters. The maximum Gasteiger partial charge on any atom is 0.269 e. The summed E-state index contributed by atoms with van der Waals surface area (Å²) >= 11 is 0. The molecule has 1 aromatic heterocycles. The Labute approximate surface area is 109 Å². The van der Waals surface area contributed by atoms with Crippen molar-refractivity contribution < 1.29 is 14.4 Å². The minimum Gasteiger partial charge on any atom is -0.459 e. The van der Waals surface area contributed by atoms with Crippen molar-refractivity contribution >= 4 is 5.69 Å². The molecule has 1 atom stereocenters. The van der Waals surface area contributed by atoms with Crippen LogP contribution in [0.15, 0.2) is 40.8 Å². The van der Waals surface area contributed by atoms with E-state index < -0.39 is 4.92 Å². The van der Waals surface area contributed by atoms with Gasteiger partial charge in [-0.2, -0.15) is 0 Å². The van der Waals surface area contributed by atoms with Crippen molar-refractivity contribution in [1.82, 2.24) is 0 Å². The second kappa shape index (κ2) is 5.64. The molecule has 0 aliphatic rings. The molecule has 0 aliphatic heterocycles. The molecule has 0 saturated carbocycles. The van der Waals surface area contributed by atoms with Crippen molar-refractivity contribution in [3.05, 3.63) is 52.3 Å². The van der Waals surface area contributed by atoms with E-state index in [4.69, 9.17) is 15.3 Å². The maximum atomic E-state index is 10.6. The van der Waals surface area contributed by atoms with Gasteiger partial charge in [0.15, 0.2) is 0 Å². The fraction of sp³-hybridized carbons (Fsp3) is 0.231. The third-order valence-electron chi connectivity index (χ3n) is 2.79. The van der Waals surface area contributed by atoms with Crippen LogP contribution in [0.2, 0.25) is 0 Å². The van der Waals surface area contributed by atoms with E-state index in [0.29, 0.717) is 17.9 Å². The second-order valence-corrected chi connectivity index (χ2v) is 4.12. The molecule has 0 amide bonds. The number of aliphatic hydroxyl groups excluding tert-OH is 1. The molecule has 19 heavy (non-hydrogen) atoms. The monoisotopic (exact) mass is 262 g/mol. The number of nitro benzene ring substituents is 1. The molecular formula is C13H14N2O4. The van der Waals surface area contributed by atoms with Crippen LogP contribution in [0, 0.1) is 10.1 Å². The van der Waals surface area contributed by atoms with Gasteiger partial charge in [-0.3, -0.25) is 10.1 Å². The lowest BCUT2D eigenvalue weighted by Gasteiger charge is -2.05. The summed E-state index contributed by atoms with van der Waals surface area (Å²) in [5.41, 5.74) is 6.60. The summed E-state index contributed by atoms with van der Waals surface area (Å²) in [5.74, 6) is 1.18. The van der Waals surface area contributed by atoms with Gasteiger partial charge in [-0.15, -0.1) is 0 Å². The quantitative estimate of drug-likeness (QED) is 0.635. The zero-order valence-electron chi connectivity index (χ0n) is 10.2. The lowest BCUT2D eigenvalue weighted by Crippen LogP contribution is -2.10. The molecule has 0 aliphatic carbocycles. The summed E-state index contributed by atoms with van der Waals surface area (Å²) < 4.78 is 5.58. The van der Waals surface area contributed by atoms with Gasteiger partial charge in [0.05, 0.1) is 11.0 Å². The van der Waals surface area contributed by atoms with Crippen molar-refractivity contribution in [2.75, 3.05) is 6.61 Å². The van der Waals surface area contributed by atoms with Crippen LogP contribution < -0.4 is 5.73 Å². The highest BCUT2D eigenvalue weighted by Crippen LogP contribution is 2.27. The highest BCUT2D eigenvalue weighted by Gasteiger charge is 2.12. The summed E-state index contributed by atoms with van der Waals surface area (Å²) in [4.78, 5) is 10.1. The van der Waals surface area contributed by atoms with Gasteiger partial charge in [-0.1, -0.05) is 0 Å². The Bertz CT molecular complexity index is 562. The Morgan fingerprint density at radius 1 is 1.26 bits per heavy atom. The number of nitrogens with two attached hydrogens (primary N) is 1. The van der Waals surface area contributed by atoms with E-state index in [0.717, 1.165) is 5.56 Å². The fourth-order valence-corrected chi connectivity index (χ4v) is 1.74. The number of benzene rings is 1. The first-order chi connectivity index (χ1) is 9.11. The normalized spacial score (nSPS) is 12.3. The van der Waals surface area contributed by atoms with Gasteiger partial charge in [0.25, 0.3) is 5.69 Å². The molecule has 3 N–H and O–H groups in total. The molecule has 1 aromatic carbocycles. The third kappa shape index (κ3) is 2.98. The first-order valence-corrected chi connectivity index (χ1v) is 5.83. The molecule has 0 bridgehead atoms. The molecule has 0 radical (unpaired) electrons. The van der Waals surface area contributed by atoms with Crippen LogP contribution in [0.5, 0.6) is 0 Å². The summed E-state index contributed by atoms with van der Waals surface area (Å²) in [7, 11) is 0. The number of nitro groups is 1. The highest BCUT2D eigenvalue weighted by atomic mass is 16.6. The van der Waals surface area contributed by atoms with Crippen molar-refractivity contribution in [1.29, 1.82) is 0 Å². The van der Waals surface area contributed by atoms with Crippen LogP contribution in [0.1, 0.15) is 18.2 Å². The average molecular weight is 262 g/mol.